The molecule has 2 aliphatic heterocycles. The van der Waals surface area contributed by atoms with Gasteiger partial charge >= 0.3 is 0 Å². The molecule has 2 aliphatic rings. The third-order valence-corrected chi connectivity index (χ3v) is 4.78. The van der Waals surface area contributed by atoms with Crippen molar-refractivity contribution in [3.8, 4) is 0 Å². The van der Waals surface area contributed by atoms with Gasteiger partial charge in [-0.2, -0.15) is 0 Å². The fourth-order valence-electron chi connectivity index (χ4n) is 2.30. The van der Waals surface area contributed by atoms with Gasteiger partial charge in [0.2, 0.25) is 5.91 Å². The molecule has 0 aromatic rings. The van der Waals surface area contributed by atoms with Gasteiger partial charge in [0, 0.05) is 18.3 Å². The fourth-order valence-corrected chi connectivity index (χ4v) is 3.43. The van der Waals surface area contributed by atoms with Crippen molar-refractivity contribution in [2.45, 2.75) is 24.2 Å². The highest BCUT2D eigenvalue weighted by atomic mass is 32.2. The van der Waals surface area contributed by atoms with Crippen LogP contribution in [0.2, 0.25) is 0 Å². The zero-order valence-electron chi connectivity index (χ0n) is 10.6. The van der Waals surface area contributed by atoms with Crippen LogP contribution in [0.5, 0.6) is 0 Å². The number of hydrogen-bond donors (Lipinski definition) is 2. The van der Waals surface area contributed by atoms with Crippen molar-refractivity contribution >= 4 is 17.7 Å². The Balaban J connectivity index is 1.70. The normalized spacial score (nSPS) is 26.3. The summed E-state index contributed by atoms with van der Waals surface area (Å²) in [6.07, 6.45) is 2.10. The van der Waals surface area contributed by atoms with E-state index in [9.17, 15) is 4.79 Å². The number of aliphatic hydroxyl groups is 1. The van der Waals surface area contributed by atoms with Crippen LogP contribution in [-0.2, 0) is 9.53 Å². The van der Waals surface area contributed by atoms with Crippen LogP contribution in [0.1, 0.15) is 12.8 Å². The molecule has 0 spiro atoms. The fraction of sp³-hybridized carbons (Fsp3) is 0.917. The first-order chi connectivity index (χ1) is 8.79. The maximum Gasteiger partial charge on any atom is 0.232 e. The number of rotatable bonds is 4. The smallest absolute Gasteiger partial charge is 0.232 e. The van der Waals surface area contributed by atoms with Gasteiger partial charge in [-0.25, -0.2) is 0 Å². The highest BCUT2D eigenvalue weighted by Gasteiger charge is 2.24. The average molecular weight is 274 g/mol. The highest BCUT2D eigenvalue weighted by Crippen LogP contribution is 2.20. The van der Waals surface area contributed by atoms with Gasteiger partial charge in [0.1, 0.15) is 0 Å². The van der Waals surface area contributed by atoms with Crippen molar-refractivity contribution in [3.63, 3.8) is 0 Å². The summed E-state index contributed by atoms with van der Waals surface area (Å²) in [7, 11) is 0. The van der Waals surface area contributed by atoms with Crippen molar-refractivity contribution in [1.29, 1.82) is 0 Å². The summed E-state index contributed by atoms with van der Waals surface area (Å²) in [4.78, 5) is 13.9. The summed E-state index contributed by atoms with van der Waals surface area (Å²) >= 11 is 1.77. The quantitative estimate of drug-likeness (QED) is 0.736. The molecule has 6 heteroatoms. The number of hydrogen-bond acceptors (Lipinski definition) is 5. The maximum absolute atomic E-state index is 12.1. The standard InChI is InChI=1S/C12H22N2O3S/c15-8-10-7-14(5-6-17-10)12(16)9-18-11-1-3-13-4-2-11/h10-11,13,15H,1-9H2. The number of aliphatic hydroxyl groups excluding tert-OH is 1. The summed E-state index contributed by atoms with van der Waals surface area (Å²) in [6, 6.07) is 0. The average Bonchev–Trinajstić information content (AvgIpc) is 2.46. The van der Waals surface area contributed by atoms with E-state index in [-0.39, 0.29) is 18.6 Å². The van der Waals surface area contributed by atoms with Crippen LogP contribution < -0.4 is 5.32 Å². The molecule has 5 nitrogen and oxygen atoms in total. The van der Waals surface area contributed by atoms with Crippen LogP contribution >= 0.6 is 11.8 Å². The van der Waals surface area contributed by atoms with E-state index < -0.39 is 0 Å². The first-order valence-electron chi connectivity index (χ1n) is 6.62. The second-order valence-corrected chi connectivity index (χ2v) is 6.06. The van der Waals surface area contributed by atoms with Gasteiger partial charge in [0.15, 0.2) is 0 Å². The Morgan fingerprint density at radius 2 is 2.22 bits per heavy atom. The molecular formula is C12H22N2O3S. The summed E-state index contributed by atoms with van der Waals surface area (Å²) in [6.45, 7) is 3.84. The molecule has 1 unspecified atom stereocenters. The Kier molecular flexibility index (Phi) is 5.75. The van der Waals surface area contributed by atoms with E-state index in [4.69, 9.17) is 9.84 Å². The van der Waals surface area contributed by atoms with E-state index >= 15 is 0 Å². The van der Waals surface area contributed by atoms with Crippen LogP contribution in [0.4, 0.5) is 0 Å². The lowest BCUT2D eigenvalue weighted by Gasteiger charge is -2.32. The lowest BCUT2D eigenvalue weighted by Crippen LogP contribution is -2.47. The molecule has 0 bridgehead atoms. The molecule has 2 N–H and O–H groups in total. The van der Waals surface area contributed by atoms with Crippen LogP contribution in [-0.4, -0.2) is 72.4 Å². The molecule has 2 fully saturated rings. The summed E-state index contributed by atoms with van der Waals surface area (Å²) in [5, 5.41) is 13.0. The lowest BCUT2D eigenvalue weighted by atomic mass is 10.2. The minimum atomic E-state index is -0.202. The Morgan fingerprint density at radius 1 is 1.44 bits per heavy atom. The van der Waals surface area contributed by atoms with E-state index in [2.05, 4.69) is 5.32 Å². The van der Waals surface area contributed by atoms with E-state index in [0.717, 1.165) is 25.9 Å². The zero-order chi connectivity index (χ0) is 12.8. The molecule has 1 amide bonds. The zero-order valence-corrected chi connectivity index (χ0v) is 11.5. The predicted molar refractivity (Wildman–Crippen MR) is 71.8 cm³/mol. The highest BCUT2D eigenvalue weighted by molar-refractivity contribution is 8.00. The number of thioether (sulfide) groups is 1. The van der Waals surface area contributed by atoms with Crippen molar-refractivity contribution in [2.24, 2.45) is 0 Å². The van der Waals surface area contributed by atoms with Gasteiger partial charge in [-0.05, 0) is 25.9 Å². The van der Waals surface area contributed by atoms with Crippen molar-refractivity contribution in [1.82, 2.24) is 10.2 Å². The summed E-state index contributed by atoms with van der Waals surface area (Å²) < 4.78 is 5.34. The topological polar surface area (TPSA) is 61.8 Å². The van der Waals surface area contributed by atoms with Gasteiger partial charge in [-0.1, -0.05) is 0 Å². The number of piperidine rings is 1. The van der Waals surface area contributed by atoms with Crippen LogP contribution in [0.25, 0.3) is 0 Å². The van der Waals surface area contributed by atoms with Gasteiger partial charge in [-0.3, -0.25) is 4.79 Å². The predicted octanol–water partition coefficient (Wildman–Crippen LogP) is -0.309. The molecule has 2 heterocycles. The monoisotopic (exact) mass is 274 g/mol. The molecule has 2 saturated heterocycles. The number of morpholine rings is 1. The second-order valence-electron chi connectivity index (χ2n) is 4.78. The number of ether oxygens (including phenoxy) is 1. The number of carbonyl (C=O) groups excluding carboxylic acids is 1. The first-order valence-corrected chi connectivity index (χ1v) is 7.67. The summed E-state index contributed by atoms with van der Waals surface area (Å²) in [5.41, 5.74) is 0. The molecule has 0 aliphatic carbocycles. The Bertz CT molecular complexity index is 272. The number of carbonyl (C=O) groups is 1. The van der Waals surface area contributed by atoms with Gasteiger partial charge in [0.05, 0.1) is 25.1 Å². The van der Waals surface area contributed by atoms with E-state index in [1.54, 1.807) is 11.8 Å². The van der Waals surface area contributed by atoms with E-state index in [1.165, 1.54) is 0 Å². The molecule has 104 valence electrons. The summed E-state index contributed by atoms with van der Waals surface area (Å²) in [5.74, 6) is 0.739. The Hall–Kier alpha value is -0.300. The van der Waals surface area contributed by atoms with Crippen LogP contribution in [0.15, 0.2) is 0 Å². The molecule has 18 heavy (non-hydrogen) atoms. The first kappa shape index (κ1) is 14.1. The number of nitrogens with zero attached hydrogens (tertiary/aromatic N) is 1. The maximum atomic E-state index is 12.1. The van der Waals surface area contributed by atoms with Crippen molar-refractivity contribution < 1.29 is 14.6 Å². The molecular weight excluding hydrogens is 252 g/mol. The van der Waals surface area contributed by atoms with E-state index in [1.807, 2.05) is 4.90 Å². The molecule has 1 atom stereocenters. The van der Waals surface area contributed by atoms with Gasteiger partial charge < -0.3 is 20.1 Å². The van der Waals surface area contributed by atoms with Crippen molar-refractivity contribution in [3.05, 3.63) is 0 Å². The van der Waals surface area contributed by atoms with Crippen LogP contribution in [0.3, 0.4) is 0 Å². The van der Waals surface area contributed by atoms with Crippen LogP contribution in [0, 0.1) is 0 Å². The molecule has 0 radical (unpaired) electrons. The minimum absolute atomic E-state index is 0.00871. The lowest BCUT2D eigenvalue weighted by molar-refractivity contribution is -0.137. The second kappa shape index (κ2) is 7.33. The number of nitrogens with one attached hydrogen (secondary N) is 1. The minimum Gasteiger partial charge on any atom is -0.394 e. The van der Waals surface area contributed by atoms with Gasteiger partial charge in [0.25, 0.3) is 0 Å². The largest absolute Gasteiger partial charge is 0.394 e. The molecule has 0 aromatic carbocycles. The third-order valence-electron chi connectivity index (χ3n) is 3.42. The molecule has 0 aromatic heterocycles. The Labute approximate surface area is 112 Å². The molecule has 0 saturated carbocycles. The third kappa shape index (κ3) is 4.12. The van der Waals surface area contributed by atoms with E-state index in [0.29, 0.717) is 30.7 Å². The SMILES string of the molecule is O=C(CSC1CCNCC1)N1CCOC(CO)C1. The molecule has 2 rings (SSSR count). The Morgan fingerprint density at radius 3 is 2.94 bits per heavy atom. The van der Waals surface area contributed by atoms with Gasteiger partial charge in [-0.15, -0.1) is 11.8 Å². The van der Waals surface area contributed by atoms with Crippen molar-refractivity contribution in [2.75, 3.05) is 45.1 Å². The number of amides is 1.